The van der Waals surface area contributed by atoms with E-state index in [9.17, 15) is 9.59 Å². The number of hydrogen-bond donors (Lipinski definition) is 1. The molecule has 0 aliphatic heterocycles. The summed E-state index contributed by atoms with van der Waals surface area (Å²) in [5.74, 6) is 0.156. The van der Waals surface area contributed by atoms with Crippen LogP contribution in [0.4, 0.5) is 4.79 Å². The van der Waals surface area contributed by atoms with Crippen LogP contribution in [-0.2, 0) is 11.3 Å². The Labute approximate surface area is 151 Å². The molecule has 1 N–H and O–H groups in total. The van der Waals surface area contributed by atoms with Crippen molar-refractivity contribution < 1.29 is 19.1 Å². The van der Waals surface area contributed by atoms with Gasteiger partial charge in [0.1, 0.15) is 5.75 Å². The number of amides is 1. The third-order valence-corrected chi connectivity index (χ3v) is 3.90. The van der Waals surface area contributed by atoms with Gasteiger partial charge in [0.25, 0.3) is 5.91 Å². The van der Waals surface area contributed by atoms with Crippen LogP contribution < -0.4 is 10.1 Å². The van der Waals surface area contributed by atoms with Gasteiger partial charge in [-0.15, -0.1) is 0 Å². The first kappa shape index (κ1) is 17.5. The molecule has 2 aromatic carbocycles. The Morgan fingerprint density at radius 1 is 1.04 bits per heavy atom. The molecule has 3 rings (SSSR count). The molecule has 0 spiro atoms. The van der Waals surface area contributed by atoms with Crippen molar-refractivity contribution in [2.24, 2.45) is 0 Å². The maximum absolute atomic E-state index is 12.2. The molecule has 0 unspecified atom stereocenters. The van der Waals surface area contributed by atoms with Crippen LogP contribution in [0.3, 0.4) is 0 Å². The zero-order valence-corrected chi connectivity index (χ0v) is 14.5. The molecule has 1 amide bonds. The summed E-state index contributed by atoms with van der Waals surface area (Å²) in [5, 5.41) is 4.07. The van der Waals surface area contributed by atoms with Crippen LogP contribution in [0.5, 0.6) is 5.75 Å². The van der Waals surface area contributed by atoms with Crippen LogP contribution in [0.1, 0.15) is 17.3 Å². The van der Waals surface area contributed by atoms with Gasteiger partial charge >= 0.3 is 6.16 Å². The van der Waals surface area contributed by atoms with E-state index in [1.807, 2.05) is 18.3 Å². The zero-order valence-electron chi connectivity index (χ0n) is 14.5. The molecule has 0 radical (unpaired) electrons. The maximum Gasteiger partial charge on any atom is 0.513 e. The van der Waals surface area contributed by atoms with E-state index in [0.29, 0.717) is 24.4 Å². The summed E-state index contributed by atoms with van der Waals surface area (Å²) < 4.78 is 11.8. The van der Waals surface area contributed by atoms with Crippen molar-refractivity contribution in [2.75, 3.05) is 13.2 Å². The van der Waals surface area contributed by atoms with Gasteiger partial charge in [-0.25, -0.2) is 4.79 Å². The summed E-state index contributed by atoms with van der Waals surface area (Å²) in [6.45, 7) is 3.14. The molecule has 6 heteroatoms. The molecule has 0 aliphatic carbocycles. The van der Waals surface area contributed by atoms with Crippen LogP contribution in [0.2, 0.25) is 0 Å². The summed E-state index contributed by atoms with van der Waals surface area (Å²) in [6, 6.07) is 16.5. The smallest absolute Gasteiger partial charge is 0.434 e. The monoisotopic (exact) mass is 352 g/mol. The normalized spacial score (nSPS) is 10.5. The van der Waals surface area contributed by atoms with Crippen LogP contribution >= 0.6 is 0 Å². The van der Waals surface area contributed by atoms with Crippen LogP contribution in [0.15, 0.2) is 60.8 Å². The first-order valence-corrected chi connectivity index (χ1v) is 8.44. The lowest BCUT2D eigenvalue weighted by Gasteiger charge is -2.08. The van der Waals surface area contributed by atoms with E-state index < -0.39 is 6.16 Å². The molecule has 0 fully saturated rings. The van der Waals surface area contributed by atoms with Crippen molar-refractivity contribution in [3.63, 3.8) is 0 Å². The lowest BCUT2D eigenvalue weighted by molar-refractivity contribution is 0.0952. The van der Waals surface area contributed by atoms with Gasteiger partial charge in [0, 0.05) is 30.4 Å². The number of carbonyl (C=O) groups excluding carboxylic acids is 2. The summed E-state index contributed by atoms with van der Waals surface area (Å²) in [6.07, 6.45) is 1.25. The van der Waals surface area contributed by atoms with Gasteiger partial charge in [-0.3, -0.25) is 4.79 Å². The molecule has 0 aliphatic rings. The molecular weight excluding hydrogens is 332 g/mol. The van der Waals surface area contributed by atoms with E-state index in [4.69, 9.17) is 9.47 Å². The molecule has 3 aromatic rings. The van der Waals surface area contributed by atoms with Gasteiger partial charge in [0.15, 0.2) is 0 Å². The van der Waals surface area contributed by atoms with E-state index in [0.717, 1.165) is 5.52 Å². The Balaban J connectivity index is 1.52. The Bertz CT molecular complexity index is 900. The number of ether oxygens (including phenoxy) is 2. The second-order valence-corrected chi connectivity index (χ2v) is 5.63. The van der Waals surface area contributed by atoms with E-state index >= 15 is 0 Å². The number of fused-ring (bicyclic) bond motifs is 1. The Morgan fingerprint density at radius 2 is 1.81 bits per heavy atom. The highest BCUT2D eigenvalue weighted by atomic mass is 16.7. The number of para-hydroxylation sites is 1. The average Bonchev–Trinajstić information content (AvgIpc) is 3.06. The first-order valence-electron chi connectivity index (χ1n) is 8.44. The molecule has 0 saturated heterocycles. The fraction of sp³-hybridized carbons (Fsp3) is 0.200. The lowest BCUT2D eigenvalue weighted by Crippen LogP contribution is -2.27. The minimum Gasteiger partial charge on any atom is -0.434 e. The van der Waals surface area contributed by atoms with Crippen LogP contribution in [0, 0.1) is 0 Å². The van der Waals surface area contributed by atoms with Gasteiger partial charge < -0.3 is 19.4 Å². The summed E-state index contributed by atoms with van der Waals surface area (Å²) >= 11 is 0. The van der Waals surface area contributed by atoms with Gasteiger partial charge in [-0.1, -0.05) is 18.2 Å². The average molecular weight is 352 g/mol. The third kappa shape index (κ3) is 4.22. The molecule has 1 aromatic heterocycles. The first-order chi connectivity index (χ1) is 12.7. The lowest BCUT2D eigenvalue weighted by atomic mass is 10.2. The Morgan fingerprint density at radius 3 is 2.58 bits per heavy atom. The topological polar surface area (TPSA) is 69.6 Å². The number of carbonyl (C=O) groups is 2. The van der Waals surface area contributed by atoms with Crippen molar-refractivity contribution in [3.8, 4) is 5.75 Å². The SMILES string of the molecule is CCOC(=O)Oc1ccc(C(=O)NCCn2ccc3ccccc32)cc1. The van der Waals surface area contributed by atoms with Gasteiger partial charge in [0.2, 0.25) is 0 Å². The van der Waals surface area contributed by atoms with Crippen LogP contribution in [-0.4, -0.2) is 29.8 Å². The summed E-state index contributed by atoms with van der Waals surface area (Å²) in [4.78, 5) is 23.5. The van der Waals surface area contributed by atoms with Gasteiger partial charge in [0.05, 0.1) is 6.61 Å². The molecule has 1 heterocycles. The molecule has 0 bridgehead atoms. The zero-order chi connectivity index (χ0) is 18.4. The van der Waals surface area contributed by atoms with Crippen LogP contribution in [0.25, 0.3) is 10.9 Å². The maximum atomic E-state index is 12.2. The van der Waals surface area contributed by atoms with Crippen molar-refractivity contribution in [3.05, 3.63) is 66.4 Å². The van der Waals surface area contributed by atoms with E-state index in [1.54, 1.807) is 31.2 Å². The van der Waals surface area contributed by atoms with Crippen molar-refractivity contribution in [2.45, 2.75) is 13.5 Å². The Hall–Kier alpha value is -3.28. The van der Waals surface area contributed by atoms with E-state index in [2.05, 4.69) is 28.1 Å². The largest absolute Gasteiger partial charge is 0.513 e. The minimum absolute atomic E-state index is 0.177. The standard InChI is InChI=1S/C20H20N2O4/c1-2-25-20(24)26-17-9-7-16(8-10-17)19(23)21-12-14-22-13-11-15-5-3-4-6-18(15)22/h3-11,13H,2,12,14H2,1H3,(H,21,23). The van der Waals surface area contributed by atoms with E-state index in [1.165, 1.54) is 5.39 Å². The van der Waals surface area contributed by atoms with Gasteiger partial charge in [-0.05, 0) is 48.7 Å². The number of aromatic nitrogens is 1. The summed E-state index contributed by atoms with van der Waals surface area (Å²) in [7, 11) is 0. The predicted molar refractivity (Wildman–Crippen MR) is 98.4 cm³/mol. The Kier molecular flexibility index (Phi) is 5.53. The van der Waals surface area contributed by atoms with Gasteiger partial charge in [-0.2, -0.15) is 0 Å². The molecule has 26 heavy (non-hydrogen) atoms. The number of hydrogen-bond acceptors (Lipinski definition) is 4. The fourth-order valence-corrected chi connectivity index (χ4v) is 2.65. The molecule has 134 valence electrons. The molecule has 6 nitrogen and oxygen atoms in total. The summed E-state index contributed by atoms with van der Waals surface area (Å²) in [5.41, 5.74) is 1.64. The highest BCUT2D eigenvalue weighted by molar-refractivity contribution is 5.94. The molecule has 0 saturated carbocycles. The van der Waals surface area contributed by atoms with E-state index in [-0.39, 0.29) is 12.5 Å². The highest BCUT2D eigenvalue weighted by Gasteiger charge is 2.08. The number of nitrogens with one attached hydrogen (secondary N) is 1. The van der Waals surface area contributed by atoms with Crippen molar-refractivity contribution >= 4 is 23.0 Å². The quantitative estimate of drug-likeness (QED) is 0.543. The van der Waals surface area contributed by atoms with Crippen molar-refractivity contribution in [1.82, 2.24) is 9.88 Å². The third-order valence-electron chi connectivity index (χ3n) is 3.90. The predicted octanol–water partition coefficient (Wildman–Crippen LogP) is 3.61. The molecule has 0 atom stereocenters. The second kappa shape index (κ2) is 8.20. The number of rotatable bonds is 6. The molecular formula is C20H20N2O4. The minimum atomic E-state index is -0.761. The number of nitrogens with zero attached hydrogens (tertiary/aromatic N) is 1. The number of benzene rings is 2. The fourth-order valence-electron chi connectivity index (χ4n) is 2.65. The second-order valence-electron chi connectivity index (χ2n) is 5.63. The van der Waals surface area contributed by atoms with Crippen molar-refractivity contribution in [1.29, 1.82) is 0 Å². The highest BCUT2D eigenvalue weighted by Crippen LogP contribution is 2.15.